The molecule has 0 bridgehead atoms. The molecule has 0 spiro atoms. The van der Waals surface area contributed by atoms with Crippen LogP contribution in [0.4, 0.5) is 0 Å². The van der Waals surface area contributed by atoms with Crippen LogP contribution in [0, 0.1) is 5.92 Å². The molecule has 0 fully saturated rings. The van der Waals surface area contributed by atoms with Gasteiger partial charge in [0.2, 0.25) is 29.5 Å². The van der Waals surface area contributed by atoms with E-state index in [2.05, 4.69) is 21.3 Å². The molecule has 40 heavy (non-hydrogen) atoms. The monoisotopic (exact) mass is 564 g/mol. The van der Waals surface area contributed by atoms with Crippen molar-refractivity contribution in [2.75, 3.05) is 6.54 Å². The van der Waals surface area contributed by atoms with Gasteiger partial charge in [0.25, 0.3) is 0 Å². The zero-order chi connectivity index (χ0) is 30.4. The summed E-state index contributed by atoms with van der Waals surface area (Å²) in [5.41, 5.74) is 11.5. The Morgan fingerprint density at radius 3 is 2.02 bits per heavy atom. The lowest BCUT2D eigenvalue weighted by atomic mass is 10.00. The predicted molar refractivity (Wildman–Crippen MR) is 144 cm³/mol. The highest BCUT2D eigenvalue weighted by Crippen LogP contribution is 2.13. The minimum Gasteiger partial charge on any atom is -0.508 e. The van der Waals surface area contributed by atoms with Crippen molar-refractivity contribution in [2.24, 2.45) is 17.4 Å². The molecule has 14 nitrogen and oxygen atoms in total. The van der Waals surface area contributed by atoms with Crippen LogP contribution in [0.3, 0.4) is 0 Å². The minimum atomic E-state index is -1.57. The fourth-order valence-corrected chi connectivity index (χ4v) is 3.86. The number of rotatable bonds is 17. The van der Waals surface area contributed by atoms with Gasteiger partial charge in [-0.05, 0) is 49.4 Å². The number of phenolic OH excluding ortho intramolecular Hbond substituents is 1. The molecule has 1 aromatic carbocycles. The first-order valence-corrected chi connectivity index (χ1v) is 12.9. The molecular weight excluding hydrogens is 524 g/mol. The average molecular weight is 565 g/mol. The van der Waals surface area contributed by atoms with E-state index >= 15 is 0 Å². The van der Waals surface area contributed by atoms with Crippen LogP contribution in [0.15, 0.2) is 24.3 Å². The summed E-state index contributed by atoms with van der Waals surface area (Å²) in [6, 6.07) is 1.07. The summed E-state index contributed by atoms with van der Waals surface area (Å²) in [6.45, 7) is 4.83. The van der Waals surface area contributed by atoms with Crippen molar-refractivity contribution in [3.05, 3.63) is 29.8 Å². The zero-order valence-electron chi connectivity index (χ0n) is 22.9. The Kier molecular flexibility index (Phi) is 14.1. The van der Waals surface area contributed by atoms with Gasteiger partial charge in [0.05, 0.1) is 6.42 Å². The molecular formula is C26H40N6O8. The molecule has 10 N–H and O–H groups in total. The summed E-state index contributed by atoms with van der Waals surface area (Å²) in [5, 5.41) is 28.8. The number of carboxylic acid groups (broad SMARTS) is 1. The summed E-state index contributed by atoms with van der Waals surface area (Å²) < 4.78 is 0. The Bertz CT molecular complexity index is 1060. The molecule has 0 aliphatic heterocycles. The van der Waals surface area contributed by atoms with Gasteiger partial charge in [-0.15, -0.1) is 0 Å². The van der Waals surface area contributed by atoms with Crippen molar-refractivity contribution in [2.45, 2.75) is 77.0 Å². The van der Waals surface area contributed by atoms with Crippen molar-refractivity contribution in [1.82, 2.24) is 21.3 Å². The maximum absolute atomic E-state index is 13.1. The maximum atomic E-state index is 13.1. The SMILES string of the molecule is CC(=O)N[C@H](CCCCN)C(=O)N[C@@H](CC(=O)O)C(=O)N[C@H](C(=O)N[C@@H](Cc1cccc(O)c1)C(N)=O)C(C)C. The van der Waals surface area contributed by atoms with Gasteiger partial charge >= 0.3 is 5.97 Å². The maximum Gasteiger partial charge on any atom is 0.305 e. The van der Waals surface area contributed by atoms with E-state index in [9.17, 15) is 39.0 Å². The van der Waals surface area contributed by atoms with Crippen molar-refractivity contribution >= 4 is 35.5 Å². The fraction of sp³-hybridized carbons (Fsp3) is 0.538. The third-order valence-electron chi connectivity index (χ3n) is 5.91. The van der Waals surface area contributed by atoms with Gasteiger partial charge in [0.1, 0.15) is 29.9 Å². The summed E-state index contributed by atoms with van der Waals surface area (Å²) in [5.74, 6) is -5.74. The van der Waals surface area contributed by atoms with Crippen LogP contribution in [-0.2, 0) is 35.2 Å². The molecule has 0 saturated heterocycles. The number of nitrogens with one attached hydrogen (secondary N) is 4. The Labute approximate surface area is 232 Å². The Hall–Kier alpha value is -4.20. The largest absolute Gasteiger partial charge is 0.508 e. The highest BCUT2D eigenvalue weighted by molar-refractivity contribution is 5.96. The number of carbonyl (C=O) groups excluding carboxylic acids is 5. The predicted octanol–water partition coefficient (Wildman–Crippen LogP) is -1.36. The topological polar surface area (TPSA) is 243 Å². The Morgan fingerprint density at radius 2 is 1.50 bits per heavy atom. The third kappa shape index (κ3) is 12.1. The number of unbranched alkanes of at least 4 members (excludes halogenated alkanes) is 1. The van der Waals surface area contributed by atoms with Crippen LogP contribution in [0.5, 0.6) is 5.75 Å². The van der Waals surface area contributed by atoms with Crippen LogP contribution >= 0.6 is 0 Å². The molecule has 1 aromatic rings. The first-order valence-electron chi connectivity index (χ1n) is 12.9. The van der Waals surface area contributed by atoms with Gasteiger partial charge in [-0.2, -0.15) is 0 Å². The van der Waals surface area contributed by atoms with E-state index in [1.807, 2.05) is 0 Å². The molecule has 0 unspecified atom stereocenters. The van der Waals surface area contributed by atoms with Gasteiger partial charge in [-0.1, -0.05) is 26.0 Å². The van der Waals surface area contributed by atoms with Gasteiger partial charge < -0.3 is 42.9 Å². The van der Waals surface area contributed by atoms with E-state index in [4.69, 9.17) is 11.5 Å². The highest BCUT2D eigenvalue weighted by atomic mass is 16.4. The molecule has 1 rings (SSSR count). The number of aromatic hydroxyl groups is 1. The van der Waals surface area contributed by atoms with Crippen molar-refractivity contribution in [1.29, 1.82) is 0 Å². The number of benzene rings is 1. The first kappa shape index (κ1) is 33.8. The number of nitrogens with two attached hydrogens (primary N) is 2. The Balaban J connectivity index is 3.04. The number of hydrogen-bond acceptors (Lipinski definition) is 8. The van der Waals surface area contributed by atoms with E-state index in [0.717, 1.165) is 0 Å². The number of carboxylic acids is 1. The molecule has 0 saturated carbocycles. The fourth-order valence-electron chi connectivity index (χ4n) is 3.86. The van der Waals surface area contributed by atoms with Crippen LogP contribution in [-0.4, -0.2) is 76.4 Å². The zero-order valence-corrected chi connectivity index (χ0v) is 22.9. The second kappa shape index (κ2) is 16.7. The number of hydrogen-bond donors (Lipinski definition) is 8. The lowest BCUT2D eigenvalue weighted by Crippen LogP contribution is -2.59. The Morgan fingerprint density at radius 1 is 0.875 bits per heavy atom. The second-order valence-electron chi connectivity index (χ2n) is 9.76. The smallest absolute Gasteiger partial charge is 0.305 e. The average Bonchev–Trinajstić information content (AvgIpc) is 2.84. The molecule has 14 heteroatoms. The molecule has 5 amide bonds. The summed E-state index contributed by atoms with van der Waals surface area (Å²) >= 11 is 0. The second-order valence-corrected chi connectivity index (χ2v) is 9.76. The minimum absolute atomic E-state index is 0.0272. The van der Waals surface area contributed by atoms with E-state index in [1.165, 1.54) is 19.1 Å². The van der Waals surface area contributed by atoms with Gasteiger partial charge in [0.15, 0.2) is 0 Å². The normalized spacial score (nSPS) is 13.8. The van der Waals surface area contributed by atoms with Crippen molar-refractivity contribution < 1.29 is 39.0 Å². The molecule has 0 aromatic heterocycles. The number of amides is 5. The van der Waals surface area contributed by atoms with E-state index in [1.54, 1.807) is 26.0 Å². The van der Waals surface area contributed by atoms with Gasteiger partial charge in [-0.3, -0.25) is 28.8 Å². The van der Waals surface area contributed by atoms with Gasteiger partial charge in [-0.25, -0.2) is 0 Å². The van der Waals surface area contributed by atoms with Crippen LogP contribution in [0.2, 0.25) is 0 Å². The van der Waals surface area contributed by atoms with E-state index in [0.29, 0.717) is 24.9 Å². The first-order chi connectivity index (χ1) is 18.7. The number of carbonyl (C=O) groups is 6. The lowest BCUT2D eigenvalue weighted by Gasteiger charge is -2.27. The molecule has 4 atom stereocenters. The summed E-state index contributed by atoms with van der Waals surface area (Å²) in [4.78, 5) is 74.1. The van der Waals surface area contributed by atoms with Gasteiger partial charge in [0, 0.05) is 13.3 Å². The molecule has 0 aliphatic carbocycles. The number of aliphatic carboxylic acids is 1. The number of phenols is 1. The van der Waals surface area contributed by atoms with Crippen LogP contribution in [0.25, 0.3) is 0 Å². The highest BCUT2D eigenvalue weighted by Gasteiger charge is 2.33. The van der Waals surface area contributed by atoms with Crippen LogP contribution < -0.4 is 32.7 Å². The van der Waals surface area contributed by atoms with Crippen LogP contribution in [0.1, 0.15) is 52.0 Å². The van der Waals surface area contributed by atoms with E-state index < -0.39 is 72.0 Å². The lowest BCUT2D eigenvalue weighted by molar-refractivity contribution is -0.141. The van der Waals surface area contributed by atoms with Crippen molar-refractivity contribution in [3.8, 4) is 5.75 Å². The van der Waals surface area contributed by atoms with Crippen molar-refractivity contribution in [3.63, 3.8) is 0 Å². The molecule has 0 radical (unpaired) electrons. The standard InChI is InChI=1S/C26H40N6O8/c1-14(2)22(26(40)30-19(23(28)37)12-16-7-6-8-17(34)11-16)32-25(39)20(13-21(35)36)31-24(38)18(29-15(3)33)9-4-5-10-27/h6-8,11,14,18-20,22,34H,4-5,9-10,12-13,27H2,1-3H3,(H2,28,37)(H,29,33)(H,30,40)(H,31,38)(H,32,39)(H,35,36)/t18-,19+,20+,22+/m1/s1. The molecule has 222 valence electrons. The number of primary amides is 1. The summed E-state index contributed by atoms with van der Waals surface area (Å²) in [7, 11) is 0. The third-order valence-corrected chi connectivity index (χ3v) is 5.91. The molecule has 0 aliphatic rings. The summed E-state index contributed by atoms with van der Waals surface area (Å²) in [6.07, 6.45) is 0.492. The quantitative estimate of drug-likeness (QED) is 0.104. The molecule has 0 heterocycles. The van der Waals surface area contributed by atoms with E-state index in [-0.39, 0.29) is 18.6 Å².